The molecule has 0 aromatic heterocycles. The highest BCUT2D eigenvalue weighted by molar-refractivity contribution is 5.42. The van der Waals surface area contributed by atoms with E-state index in [1.54, 1.807) is 24.3 Å². The average Bonchev–Trinajstić information content (AvgIpc) is 2.42. The van der Waals surface area contributed by atoms with Crippen LogP contribution in [-0.2, 0) is 0 Å². The highest BCUT2D eigenvalue weighted by Gasteiger charge is 2.27. The number of hydrogen-bond donors (Lipinski definition) is 1. The van der Waals surface area contributed by atoms with Gasteiger partial charge in [0.25, 0.3) is 0 Å². The zero-order chi connectivity index (χ0) is 15.9. The number of hydrogen-bond acceptors (Lipinski definition) is 4. The lowest BCUT2D eigenvalue weighted by Gasteiger charge is -2.21. The third-order valence-electron chi connectivity index (χ3n) is 2.74. The van der Waals surface area contributed by atoms with Crippen LogP contribution in [-0.4, -0.2) is 49.0 Å². The maximum Gasteiger partial charge on any atom is 0.390 e. The molecule has 1 unspecified atom stereocenters. The van der Waals surface area contributed by atoms with E-state index in [1.165, 1.54) is 11.9 Å². The fraction of sp³-hybridized carbons (Fsp3) is 0.500. The second-order valence-electron chi connectivity index (χ2n) is 4.70. The molecule has 1 atom stereocenters. The van der Waals surface area contributed by atoms with Crippen LogP contribution in [0.2, 0.25) is 0 Å². The van der Waals surface area contributed by atoms with E-state index in [4.69, 9.17) is 10.00 Å². The van der Waals surface area contributed by atoms with Gasteiger partial charge < -0.3 is 14.7 Å². The molecule has 7 heteroatoms. The average molecular weight is 302 g/mol. The maximum absolute atomic E-state index is 12.1. The molecule has 0 aliphatic heterocycles. The van der Waals surface area contributed by atoms with Gasteiger partial charge in [-0.3, -0.25) is 0 Å². The number of alkyl halides is 3. The standard InChI is InChI=1S/C14H17F3N2O2/c1-19(7-6-14(15,16)17)9-12(20)10-21-13-5-3-2-4-11(13)8-18/h2-5,12,20H,6-7,9-10H2,1H3. The summed E-state index contributed by atoms with van der Waals surface area (Å²) in [6.07, 6.45) is -6.06. The Morgan fingerprint density at radius 1 is 1.38 bits per heavy atom. The number of halogens is 3. The molecule has 1 aromatic carbocycles. The summed E-state index contributed by atoms with van der Waals surface area (Å²) >= 11 is 0. The lowest BCUT2D eigenvalue weighted by atomic mass is 10.2. The number of nitrogens with zero attached hydrogens (tertiary/aromatic N) is 2. The molecule has 0 radical (unpaired) electrons. The number of rotatable bonds is 7. The number of benzene rings is 1. The quantitative estimate of drug-likeness (QED) is 0.839. The van der Waals surface area contributed by atoms with Gasteiger partial charge >= 0.3 is 6.18 Å². The number of aliphatic hydroxyl groups is 1. The van der Waals surface area contributed by atoms with E-state index in [-0.39, 0.29) is 19.7 Å². The third kappa shape index (κ3) is 6.97. The number of aliphatic hydroxyl groups excluding tert-OH is 1. The molecule has 0 amide bonds. The first-order chi connectivity index (χ1) is 9.81. The van der Waals surface area contributed by atoms with E-state index in [0.717, 1.165) is 0 Å². The fourth-order valence-electron chi connectivity index (χ4n) is 1.69. The summed E-state index contributed by atoms with van der Waals surface area (Å²) in [4.78, 5) is 1.39. The summed E-state index contributed by atoms with van der Waals surface area (Å²) in [6.45, 7) is -0.213. The van der Waals surface area contributed by atoms with E-state index in [9.17, 15) is 18.3 Å². The predicted octanol–water partition coefficient (Wildman–Crippen LogP) is 2.18. The number of para-hydroxylation sites is 1. The van der Waals surface area contributed by atoms with Crippen LogP contribution in [0.3, 0.4) is 0 Å². The van der Waals surface area contributed by atoms with E-state index in [1.807, 2.05) is 6.07 Å². The summed E-state index contributed by atoms with van der Waals surface area (Å²) in [5.74, 6) is 0.344. The van der Waals surface area contributed by atoms with Gasteiger partial charge in [0.2, 0.25) is 0 Å². The second-order valence-corrected chi connectivity index (χ2v) is 4.70. The Balaban J connectivity index is 2.37. The van der Waals surface area contributed by atoms with Crippen LogP contribution in [0.5, 0.6) is 5.75 Å². The van der Waals surface area contributed by atoms with Crippen molar-refractivity contribution in [3.63, 3.8) is 0 Å². The van der Waals surface area contributed by atoms with Crippen molar-refractivity contribution >= 4 is 0 Å². The highest BCUT2D eigenvalue weighted by atomic mass is 19.4. The van der Waals surface area contributed by atoms with Gasteiger partial charge in [0.05, 0.1) is 12.0 Å². The zero-order valence-electron chi connectivity index (χ0n) is 11.6. The molecule has 21 heavy (non-hydrogen) atoms. The molecule has 116 valence electrons. The van der Waals surface area contributed by atoms with Crippen LogP contribution < -0.4 is 4.74 Å². The van der Waals surface area contributed by atoms with E-state index in [2.05, 4.69) is 0 Å². The van der Waals surface area contributed by atoms with Crippen LogP contribution in [0.1, 0.15) is 12.0 Å². The van der Waals surface area contributed by atoms with Crippen molar-refractivity contribution in [1.82, 2.24) is 4.90 Å². The molecule has 1 rings (SSSR count). The van der Waals surface area contributed by atoms with Crippen LogP contribution >= 0.6 is 0 Å². The Morgan fingerprint density at radius 2 is 2.05 bits per heavy atom. The number of nitriles is 1. The van der Waals surface area contributed by atoms with Gasteiger partial charge in [0.1, 0.15) is 24.5 Å². The first-order valence-corrected chi connectivity index (χ1v) is 6.37. The molecule has 0 aliphatic carbocycles. The Morgan fingerprint density at radius 3 is 2.67 bits per heavy atom. The molecular formula is C14H17F3N2O2. The Kier molecular flexibility index (Phi) is 6.46. The van der Waals surface area contributed by atoms with Crippen molar-refractivity contribution in [2.75, 3.05) is 26.7 Å². The molecular weight excluding hydrogens is 285 g/mol. The molecule has 1 aromatic rings. The molecule has 0 saturated carbocycles. The molecule has 4 nitrogen and oxygen atoms in total. The molecule has 0 bridgehead atoms. The molecule has 0 saturated heterocycles. The lowest BCUT2D eigenvalue weighted by molar-refractivity contribution is -0.138. The van der Waals surface area contributed by atoms with Gasteiger partial charge in [0, 0.05) is 13.1 Å². The van der Waals surface area contributed by atoms with Crippen molar-refractivity contribution in [3.8, 4) is 11.8 Å². The first-order valence-electron chi connectivity index (χ1n) is 6.37. The maximum atomic E-state index is 12.1. The molecule has 0 heterocycles. The molecule has 1 N–H and O–H groups in total. The van der Waals surface area contributed by atoms with Crippen molar-refractivity contribution in [2.45, 2.75) is 18.7 Å². The van der Waals surface area contributed by atoms with Gasteiger partial charge in [-0.2, -0.15) is 18.4 Å². The molecule has 0 fully saturated rings. The third-order valence-corrected chi connectivity index (χ3v) is 2.74. The Bertz CT molecular complexity index is 486. The predicted molar refractivity (Wildman–Crippen MR) is 70.8 cm³/mol. The molecule has 0 aliphatic rings. The van der Waals surface area contributed by atoms with Crippen molar-refractivity contribution in [3.05, 3.63) is 29.8 Å². The van der Waals surface area contributed by atoms with Gasteiger partial charge in [0.15, 0.2) is 0 Å². The number of ether oxygens (including phenoxy) is 1. The topological polar surface area (TPSA) is 56.5 Å². The van der Waals surface area contributed by atoms with Gasteiger partial charge in [-0.1, -0.05) is 12.1 Å². The summed E-state index contributed by atoms with van der Waals surface area (Å²) in [7, 11) is 1.50. The van der Waals surface area contributed by atoms with E-state index < -0.39 is 18.7 Å². The fourth-order valence-corrected chi connectivity index (χ4v) is 1.69. The van der Waals surface area contributed by atoms with Crippen LogP contribution in [0.4, 0.5) is 13.2 Å². The van der Waals surface area contributed by atoms with Crippen LogP contribution in [0.15, 0.2) is 24.3 Å². The largest absolute Gasteiger partial charge is 0.489 e. The van der Waals surface area contributed by atoms with Crippen molar-refractivity contribution in [2.24, 2.45) is 0 Å². The summed E-state index contributed by atoms with van der Waals surface area (Å²) < 4.78 is 41.5. The van der Waals surface area contributed by atoms with Crippen molar-refractivity contribution < 1.29 is 23.0 Å². The van der Waals surface area contributed by atoms with Gasteiger partial charge in [-0.25, -0.2) is 0 Å². The normalized spacial score (nSPS) is 13.0. The monoisotopic (exact) mass is 302 g/mol. The van der Waals surface area contributed by atoms with Crippen LogP contribution in [0, 0.1) is 11.3 Å². The molecule has 0 spiro atoms. The minimum atomic E-state index is -4.21. The SMILES string of the molecule is CN(CCC(F)(F)F)CC(O)COc1ccccc1C#N. The minimum absolute atomic E-state index is 0.0603. The summed E-state index contributed by atoms with van der Waals surface area (Å²) in [5, 5.41) is 18.6. The highest BCUT2D eigenvalue weighted by Crippen LogP contribution is 2.19. The van der Waals surface area contributed by atoms with Gasteiger partial charge in [-0.15, -0.1) is 0 Å². The van der Waals surface area contributed by atoms with Crippen LogP contribution in [0.25, 0.3) is 0 Å². The Labute approximate surface area is 121 Å². The first kappa shape index (κ1) is 17.3. The van der Waals surface area contributed by atoms with Gasteiger partial charge in [-0.05, 0) is 19.2 Å². The minimum Gasteiger partial charge on any atom is -0.489 e. The van der Waals surface area contributed by atoms with E-state index in [0.29, 0.717) is 11.3 Å². The Hall–Kier alpha value is -1.78. The summed E-state index contributed by atoms with van der Waals surface area (Å²) in [5.41, 5.74) is 0.343. The summed E-state index contributed by atoms with van der Waals surface area (Å²) in [6, 6.07) is 8.51. The van der Waals surface area contributed by atoms with Crippen molar-refractivity contribution in [1.29, 1.82) is 5.26 Å². The van der Waals surface area contributed by atoms with E-state index >= 15 is 0 Å². The zero-order valence-corrected chi connectivity index (χ0v) is 11.6. The number of likely N-dealkylation sites (N-methyl/N-ethyl adjacent to an activating group) is 1. The smallest absolute Gasteiger partial charge is 0.390 e. The second kappa shape index (κ2) is 7.86. The lowest BCUT2D eigenvalue weighted by Crippen LogP contribution is -2.35.